The molecule has 1 aliphatic rings. The number of halogens is 1. The molecule has 4 aromatic rings. The van der Waals surface area contributed by atoms with Crippen molar-refractivity contribution in [3.05, 3.63) is 99.7 Å². The van der Waals surface area contributed by atoms with E-state index in [0.29, 0.717) is 40.7 Å². The highest BCUT2D eigenvalue weighted by Crippen LogP contribution is 2.46. The minimum Gasteiger partial charge on any atom is -0.507 e. The van der Waals surface area contributed by atoms with Crippen molar-refractivity contribution >= 4 is 17.5 Å². The largest absolute Gasteiger partial charge is 0.507 e. The first-order valence-corrected chi connectivity index (χ1v) is 11.5. The van der Waals surface area contributed by atoms with Gasteiger partial charge in [-0.05, 0) is 55.3 Å². The SMILES string of the molecule is CCOc1cccc(C2c3c(-c4cc(Cl)ccc4O)n[nH]c3C(=O)N2Cc2ccc(C)cc2)c1. The number of hydrogen-bond donors (Lipinski definition) is 2. The Hall–Kier alpha value is -3.77. The number of H-pyrrole nitrogens is 1. The number of aromatic nitrogens is 2. The highest BCUT2D eigenvalue weighted by Gasteiger charge is 2.42. The molecule has 34 heavy (non-hydrogen) atoms. The van der Waals surface area contributed by atoms with E-state index in [2.05, 4.69) is 10.2 Å². The Morgan fingerprint density at radius 3 is 2.68 bits per heavy atom. The van der Waals surface area contributed by atoms with Gasteiger partial charge in [-0.25, -0.2) is 0 Å². The predicted molar refractivity (Wildman–Crippen MR) is 131 cm³/mol. The van der Waals surface area contributed by atoms with Gasteiger partial charge in [0.25, 0.3) is 5.91 Å². The molecule has 1 unspecified atom stereocenters. The van der Waals surface area contributed by atoms with Crippen LogP contribution in [0.2, 0.25) is 5.02 Å². The summed E-state index contributed by atoms with van der Waals surface area (Å²) in [7, 11) is 0. The maximum Gasteiger partial charge on any atom is 0.273 e. The zero-order chi connectivity index (χ0) is 23.8. The van der Waals surface area contributed by atoms with Crippen molar-refractivity contribution in [3.8, 4) is 22.8 Å². The van der Waals surface area contributed by atoms with Crippen LogP contribution in [-0.4, -0.2) is 32.7 Å². The smallest absolute Gasteiger partial charge is 0.273 e. The van der Waals surface area contributed by atoms with Crippen molar-refractivity contribution in [2.24, 2.45) is 0 Å². The molecule has 0 saturated carbocycles. The first-order valence-electron chi connectivity index (χ1n) is 11.1. The molecular formula is C27H24ClN3O3. The van der Waals surface area contributed by atoms with Gasteiger partial charge in [0, 0.05) is 22.7 Å². The average molecular weight is 474 g/mol. The summed E-state index contributed by atoms with van der Waals surface area (Å²) in [5.74, 6) is 0.624. The van der Waals surface area contributed by atoms with Crippen molar-refractivity contribution in [1.29, 1.82) is 0 Å². The van der Waals surface area contributed by atoms with Gasteiger partial charge in [-0.3, -0.25) is 9.89 Å². The second kappa shape index (κ2) is 8.88. The number of phenolic OH excluding ortho intramolecular Hbond substituents is 1. The summed E-state index contributed by atoms with van der Waals surface area (Å²) in [5, 5.41) is 18.4. The number of nitrogens with zero attached hydrogens (tertiary/aromatic N) is 2. The van der Waals surface area contributed by atoms with Crippen LogP contribution in [0.15, 0.2) is 66.7 Å². The molecule has 172 valence electrons. The van der Waals surface area contributed by atoms with Crippen LogP contribution in [0.3, 0.4) is 0 Å². The molecule has 2 heterocycles. The minimum atomic E-state index is -0.420. The highest BCUT2D eigenvalue weighted by molar-refractivity contribution is 6.31. The van der Waals surface area contributed by atoms with E-state index < -0.39 is 6.04 Å². The third-order valence-electron chi connectivity index (χ3n) is 6.04. The van der Waals surface area contributed by atoms with Gasteiger partial charge in [0.2, 0.25) is 0 Å². The molecular weight excluding hydrogens is 450 g/mol. The number of carbonyl (C=O) groups excluding carboxylic acids is 1. The van der Waals surface area contributed by atoms with Crippen LogP contribution in [0.1, 0.15) is 45.7 Å². The lowest BCUT2D eigenvalue weighted by Crippen LogP contribution is -2.29. The number of amides is 1. The van der Waals surface area contributed by atoms with Gasteiger partial charge in [-0.1, -0.05) is 53.6 Å². The molecule has 3 aromatic carbocycles. The van der Waals surface area contributed by atoms with Crippen molar-refractivity contribution in [2.75, 3.05) is 6.61 Å². The number of aromatic amines is 1. The number of rotatable bonds is 6. The zero-order valence-electron chi connectivity index (χ0n) is 18.9. The molecule has 6 nitrogen and oxygen atoms in total. The fourth-order valence-electron chi connectivity index (χ4n) is 4.44. The van der Waals surface area contributed by atoms with E-state index in [4.69, 9.17) is 16.3 Å². The first kappa shape index (κ1) is 22.0. The molecule has 0 saturated heterocycles. The van der Waals surface area contributed by atoms with Gasteiger partial charge in [0.15, 0.2) is 0 Å². The lowest BCUT2D eigenvalue weighted by molar-refractivity contribution is 0.0730. The lowest BCUT2D eigenvalue weighted by atomic mass is 9.95. The quantitative estimate of drug-likeness (QED) is 0.366. The van der Waals surface area contributed by atoms with Gasteiger partial charge < -0.3 is 14.7 Å². The number of benzene rings is 3. The molecule has 1 aromatic heterocycles. The second-order valence-electron chi connectivity index (χ2n) is 8.35. The summed E-state index contributed by atoms with van der Waals surface area (Å²) >= 11 is 6.23. The van der Waals surface area contributed by atoms with Crippen LogP contribution in [0.25, 0.3) is 11.3 Å². The van der Waals surface area contributed by atoms with Crippen LogP contribution in [-0.2, 0) is 6.54 Å². The molecule has 1 amide bonds. The molecule has 0 fully saturated rings. The molecule has 5 rings (SSSR count). The third-order valence-corrected chi connectivity index (χ3v) is 6.27. The van der Waals surface area contributed by atoms with Gasteiger partial charge in [-0.15, -0.1) is 0 Å². The zero-order valence-corrected chi connectivity index (χ0v) is 19.6. The summed E-state index contributed by atoms with van der Waals surface area (Å²) in [6, 6.07) is 20.3. The molecule has 0 aliphatic carbocycles. The second-order valence-corrected chi connectivity index (χ2v) is 8.79. The van der Waals surface area contributed by atoms with E-state index in [1.54, 1.807) is 12.1 Å². The lowest BCUT2D eigenvalue weighted by Gasteiger charge is -2.27. The van der Waals surface area contributed by atoms with Gasteiger partial charge in [0.05, 0.1) is 12.6 Å². The molecule has 7 heteroatoms. The fourth-order valence-corrected chi connectivity index (χ4v) is 4.61. The van der Waals surface area contributed by atoms with Gasteiger partial charge >= 0.3 is 0 Å². The highest BCUT2D eigenvalue weighted by atomic mass is 35.5. The van der Waals surface area contributed by atoms with Gasteiger partial charge in [0.1, 0.15) is 22.9 Å². The molecule has 1 aliphatic heterocycles. The van der Waals surface area contributed by atoms with Crippen molar-refractivity contribution in [3.63, 3.8) is 0 Å². The number of phenols is 1. The molecule has 2 N–H and O–H groups in total. The van der Waals surface area contributed by atoms with E-state index in [1.165, 1.54) is 6.07 Å². The Labute approximate surface area is 202 Å². The number of hydrogen-bond acceptors (Lipinski definition) is 4. The van der Waals surface area contributed by atoms with Crippen molar-refractivity contribution < 1.29 is 14.6 Å². The number of nitrogens with one attached hydrogen (secondary N) is 1. The molecule has 0 bridgehead atoms. The van der Waals surface area contributed by atoms with Crippen LogP contribution in [0.5, 0.6) is 11.5 Å². The first-order chi connectivity index (χ1) is 16.5. The summed E-state index contributed by atoms with van der Waals surface area (Å²) in [6.45, 7) is 4.93. The standard InChI is InChI=1S/C27H24ClN3O3/c1-3-34-20-6-4-5-18(13-20)26-23-24(21-14-19(28)11-12-22(21)32)29-30-25(23)27(33)31(26)15-17-9-7-16(2)8-10-17/h4-14,26,32H,3,15H2,1-2H3,(H,29,30). The third kappa shape index (κ3) is 3.90. The van der Waals surface area contributed by atoms with E-state index >= 15 is 0 Å². The van der Waals surface area contributed by atoms with Crippen LogP contribution in [0, 0.1) is 6.92 Å². The summed E-state index contributed by atoms with van der Waals surface area (Å²) < 4.78 is 5.73. The Kier molecular flexibility index (Phi) is 5.75. The summed E-state index contributed by atoms with van der Waals surface area (Å²) in [6.07, 6.45) is 0. The predicted octanol–water partition coefficient (Wildman–Crippen LogP) is 5.89. The number of fused-ring (bicyclic) bond motifs is 1. The number of carbonyl (C=O) groups is 1. The Balaban J connectivity index is 1.66. The van der Waals surface area contributed by atoms with Crippen LogP contribution >= 0.6 is 11.6 Å². The fraction of sp³-hybridized carbons (Fsp3) is 0.185. The van der Waals surface area contributed by atoms with E-state index in [1.807, 2.05) is 67.3 Å². The molecule has 1 atom stereocenters. The Morgan fingerprint density at radius 2 is 1.91 bits per heavy atom. The summed E-state index contributed by atoms with van der Waals surface area (Å²) in [5.41, 5.74) is 5.18. The Morgan fingerprint density at radius 1 is 1.12 bits per heavy atom. The topological polar surface area (TPSA) is 78.5 Å². The van der Waals surface area contributed by atoms with E-state index in [9.17, 15) is 9.90 Å². The van der Waals surface area contributed by atoms with E-state index in [-0.39, 0.29) is 11.7 Å². The number of ether oxygens (including phenoxy) is 1. The molecule has 0 radical (unpaired) electrons. The van der Waals surface area contributed by atoms with Crippen LogP contribution in [0.4, 0.5) is 0 Å². The van der Waals surface area contributed by atoms with E-state index in [0.717, 1.165) is 22.4 Å². The number of aromatic hydroxyl groups is 1. The average Bonchev–Trinajstić information content (AvgIpc) is 3.36. The molecule has 0 spiro atoms. The van der Waals surface area contributed by atoms with Crippen molar-refractivity contribution in [1.82, 2.24) is 15.1 Å². The van der Waals surface area contributed by atoms with Crippen LogP contribution < -0.4 is 4.74 Å². The number of aryl methyl sites for hydroxylation is 1. The normalized spacial score (nSPS) is 15.0. The maximum absolute atomic E-state index is 13.6. The Bertz CT molecular complexity index is 1360. The van der Waals surface area contributed by atoms with Crippen molar-refractivity contribution in [2.45, 2.75) is 26.4 Å². The maximum atomic E-state index is 13.6. The minimum absolute atomic E-state index is 0.0463. The monoisotopic (exact) mass is 473 g/mol. The van der Waals surface area contributed by atoms with Gasteiger partial charge in [-0.2, -0.15) is 5.10 Å². The summed E-state index contributed by atoms with van der Waals surface area (Å²) in [4.78, 5) is 15.4.